The van der Waals surface area contributed by atoms with Crippen molar-refractivity contribution in [3.63, 3.8) is 0 Å². The average molecular weight is 281 g/mol. The molecule has 1 aromatic heterocycles. The Morgan fingerprint density at radius 1 is 1.35 bits per heavy atom. The van der Waals surface area contributed by atoms with E-state index in [9.17, 15) is 9.59 Å². The van der Waals surface area contributed by atoms with Crippen molar-refractivity contribution in [2.75, 3.05) is 33.7 Å². The molecule has 0 atom stereocenters. The number of nitrogens with one attached hydrogen (secondary N) is 1. The van der Waals surface area contributed by atoms with Gasteiger partial charge >= 0.3 is 0 Å². The Morgan fingerprint density at radius 2 is 2.10 bits per heavy atom. The lowest BCUT2D eigenvalue weighted by Gasteiger charge is -2.19. The lowest BCUT2D eigenvalue weighted by atomic mass is 10.3. The zero-order valence-electron chi connectivity index (χ0n) is 12.4. The minimum atomic E-state index is -0.148. The Kier molecular flexibility index (Phi) is 6.79. The highest BCUT2D eigenvalue weighted by molar-refractivity contribution is 5.83. The van der Waals surface area contributed by atoms with Gasteiger partial charge in [-0.1, -0.05) is 0 Å². The number of nitrogens with zero attached hydrogens (tertiary/aromatic N) is 2. The molecule has 6 nitrogen and oxygen atoms in total. The van der Waals surface area contributed by atoms with Gasteiger partial charge in [-0.25, -0.2) is 0 Å². The topological polar surface area (TPSA) is 65.8 Å². The van der Waals surface area contributed by atoms with Crippen LogP contribution in [0.2, 0.25) is 0 Å². The molecule has 112 valence electrons. The summed E-state index contributed by atoms with van der Waals surface area (Å²) in [5, 5.41) is 2.81. The van der Waals surface area contributed by atoms with Gasteiger partial charge in [-0.3, -0.25) is 9.59 Å². The molecule has 0 spiro atoms. The number of carbonyl (C=O) groups excluding carboxylic acids is 2. The van der Waals surface area contributed by atoms with Crippen LogP contribution in [-0.2, 0) is 16.1 Å². The Hall–Kier alpha value is -1.82. The molecule has 1 aromatic rings. The van der Waals surface area contributed by atoms with E-state index in [4.69, 9.17) is 4.42 Å². The zero-order valence-corrected chi connectivity index (χ0v) is 12.4. The summed E-state index contributed by atoms with van der Waals surface area (Å²) in [7, 11) is 3.98. The Labute approximate surface area is 119 Å². The second kappa shape index (κ2) is 8.37. The van der Waals surface area contributed by atoms with Crippen molar-refractivity contribution in [3.8, 4) is 0 Å². The summed E-state index contributed by atoms with van der Waals surface area (Å²) in [5.74, 6) is 0.371. The van der Waals surface area contributed by atoms with Gasteiger partial charge in [-0.05, 0) is 39.2 Å². The molecule has 0 fully saturated rings. The first-order chi connectivity index (χ1) is 9.49. The zero-order chi connectivity index (χ0) is 15.0. The fraction of sp³-hybridized carbons (Fsp3) is 0.571. The van der Waals surface area contributed by atoms with Crippen molar-refractivity contribution in [2.24, 2.45) is 0 Å². The van der Waals surface area contributed by atoms with Crippen molar-refractivity contribution in [1.82, 2.24) is 15.1 Å². The molecule has 0 saturated heterocycles. The molecule has 0 aromatic carbocycles. The first kappa shape index (κ1) is 16.2. The van der Waals surface area contributed by atoms with Gasteiger partial charge in [0.25, 0.3) is 0 Å². The third kappa shape index (κ3) is 6.38. The molecule has 1 N–H and O–H groups in total. The van der Waals surface area contributed by atoms with Crippen LogP contribution in [0.5, 0.6) is 0 Å². The molecule has 20 heavy (non-hydrogen) atoms. The number of hydrogen-bond donors (Lipinski definition) is 1. The number of hydrogen-bond acceptors (Lipinski definition) is 4. The van der Waals surface area contributed by atoms with E-state index in [1.807, 2.05) is 14.1 Å². The molecule has 0 aliphatic rings. The van der Waals surface area contributed by atoms with E-state index in [1.54, 1.807) is 18.4 Å². The Balaban J connectivity index is 2.34. The fourth-order valence-corrected chi connectivity index (χ4v) is 1.72. The highest BCUT2D eigenvalue weighted by Gasteiger charge is 2.14. The molecule has 2 amide bonds. The smallest absolute Gasteiger partial charge is 0.239 e. The fourth-order valence-electron chi connectivity index (χ4n) is 1.72. The summed E-state index contributed by atoms with van der Waals surface area (Å²) >= 11 is 0. The van der Waals surface area contributed by atoms with Crippen LogP contribution in [0.4, 0.5) is 0 Å². The van der Waals surface area contributed by atoms with Crippen LogP contribution in [0.1, 0.15) is 19.1 Å². The van der Waals surface area contributed by atoms with Gasteiger partial charge in [0.2, 0.25) is 11.8 Å². The van der Waals surface area contributed by atoms with E-state index in [0.717, 1.165) is 13.0 Å². The minimum absolute atomic E-state index is 0.0536. The van der Waals surface area contributed by atoms with Crippen molar-refractivity contribution < 1.29 is 14.0 Å². The first-order valence-electron chi connectivity index (χ1n) is 6.68. The number of amides is 2. The van der Waals surface area contributed by atoms with Gasteiger partial charge < -0.3 is 19.5 Å². The van der Waals surface area contributed by atoms with E-state index < -0.39 is 0 Å². The second-order valence-corrected chi connectivity index (χ2v) is 4.96. The van der Waals surface area contributed by atoms with Crippen LogP contribution in [0.25, 0.3) is 0 Å². The van der Waals surface area contributed by atoms with Crippen molar-refractivity contribution in [2.45, 2.75) is 19.9 Å². The van der Waals surface area contributed by atoms with Gasteiger partial charge in [0.15, 0.2) is 0 Å². The van der Waals surface area contributed by atoms with E-state index in [2.05, 4.69) is 10.2 Å². The van der Waals surface area contributed by atoms with Gasteiger partial charge in [0.1, 0.15) is 5.76 Å². The van der Waals surface area contributed by atoms with Crippen LogP contribution in [0, 0.1) is 0 Å². The van der Waals surface area contributed by atoms with Gasteiger partial charge in [0.05, 0.1) is 19.4 Å². The Morgan fingerprint density at radius 3 is 2.65 bits per heavy atom. The van der Waals surface area contributed by atoms with Crippen LogP contribution in [0.15, 0.2) is 22.8 Å². The normalized spacial score (nSPS) is 10.6. The van der Waals surface area contributed by atoms with Crippen LogP contribution < -0.4 is 5.32 Å². The molecule has 0 aliphatic heterocycles. The second-order valence-electron chi connectivity index (χ2n) is 4.96. The van der Waals surface area contributed by atoms with Crippen molar-refractivity contribution in [3.05, 3.63) is 24.2 Å². The maximum absolute atomic E-state index is 11.8. The van der Waals surface area contributed by atoms with Gasteiger partial charge in [0, 0.05) is 13.5 Å². The highest BCUT2D eigenvalue weighted by atomic mass is 16.3. The number of rotatable bonds is 8. The van der Waals surface area contributed by atoms with E-state index in [1.165, 1.54) is 11.8 Å². The van der Waals surface area contributed by atoms with Crippen LogP contribution in [-0.4, -0.2) is 55.3 Å². The monoisotopic (exact) mass is 281 g/mol. The molecule has 0 saturated carbocycles. The minimum Gasteiger partial charge on any atom is -0.467 e. The van der Waals surface area contributed by atoms with Crippen molar-refractivity contribution in [1.29, 1.82) is 0 Å². The lowest BCUT2D eigenvalue weighted by Crippen LogP contribution is -2.39. The molecule has 1 rings (SSSR count). The van der Waals surface area contributed by atoms with E-state index in [0.29, 0.717) is 18.8 Å². The number of furan rings is 1. The number of carbonyl (C=O) groups is 2. The first-order valence-corrected chi connectivity index (χ1v) is 6.68. The molecule has 0 radical (unpaired) electrons. The molecule has 6 heteroatoms. The third-order valence-corrected chi connectivity index (χ3v) is 2.81. The molecule has 1 heterocycles. The summed E-state index contributed by atoms with van der Waals surface area (Å²) in [6, 6.07) is 3.54. The summed E-state index contributed by atoms with van der Waals surface area (Å²) in [6.07, 6.45) is 2.44. The highest BCUT2D eigenvalue weighted by Crippen LogP contribution is 2.05. The molecule has 0 bridgehead atoms. The Bertz CT molecular complexity index is 415. The predicted octanol–water partition coefficient (Wildman–Crippen LogP) is 0.696. The van der Waals surface area contributed by atoms with Crippen LogP contribution >= 0.6 is 0 Å². The summed E-state index contributed by atoms with van der Waals surface area (Å²) in [4.78, 5) is 26.8. The van der Waals surface area contributed by atoms with Crippen molar-refractivity contribution >= 4 is 11.8 Å². The molecular formula is C14H23N3O3. The predicted molar refractivity (Wildman–Crippen MR) is 76.0 cm³/mol. The standard InChI is InChI=1S/C14H23N3O3/c1-12(18)17(10-13-6-4-9-20-13)11-14(19)15-7-5-8-16(2)3/h4,6,9H,5,7-8,10-11H2,1-3H3,(H,15,19). The maximum Gasteiger partial charge on any atom is 0.239 e. The van der Waals surface area contributed by atoms with Crippen LogP contribution in [0.3, 0.4) is 0 Å². The molecular weight excluding hydrogens is 258 g/mol. The SMILES string of the molecule is CC(=O)N(CC(=O)NCCCN(C)C)Cc1ccco1. The quantitative estimate of drug-likeness (QED) is 0.712. The maximum atomic E-state index is 11.8. The van der Waals surface area contributed by atoms with E-state index >= 15 is 0 Å². The van der Waals surface area contributed by atoms with E-state index in [-0.39, 0.29) is 18.4 Å². The summed E-state index contributed by atoms with van der Waals surface area (Å²) in [6.45, 7) is 3.35. The molecule has 0 aliphatic carbocycles. The van der Waals surface area contributed by atoms with Gasteiger partial charge in [-0.15, -0.1) is 0 Å². The summed E-state index contributed by atoms with van der Waals surface area (Å²) in [5.41, 5.74) is 0. The third-order valence-electron chi connectivity index (χ3n) is 2.81. The largest absolute Gasteiger partial charge is 0.467 e. The average Bonchev–Trinajstić information content (AvgIpc) is 2.86. The summed E-state index contributed by atoms with van der Waals surface area (Å²) < 4.78 is 5.19. The van der Waals surface area contributed by atoms with Gasteiger partial charge in [-0.2, -0.15) is 0 Å². The lowest BCUT2D eigenvalue weighted by molar-refractivity contribution is -0.135. The molecule has 0 unspecified atom stereocenters.